The van der Waals surface area contributed by atoms with Crippen LogP contribution >= 0.6 is 11.6 Å². The third-order valence-electron chi connectivity index (χ3n) is 6.31. The summed E-state index contributed by atoms with van der Waals surface area (Å²) < 4.78 is 0. The lowest BCUT2D eigenvalue weighted by Gasteiger charge is -2.35. The SMILES string of the molecule is CN1CCC(N(C)C(=O)CNc2nnc(-c3ccccc3)c(Cl)c2C(=N)c2ccccc2)CC1. The molecule has 34 heavy (non-hydrogen) atoms. The summed E-state index contributed by atoms with van der Waals surface area (Å²) in [5.74, 6) is 0.292. The lowest BCUT2D eigenvalue weighted by Crippen LogP contribution is -2.46. The Hall–Kier alpha value is -3.29. The van der Waals surface area contributed by atoms with Crippen LogP contribution in [0.15, 0.2) is 60.7 Å². The fraction of sp³-hybridized carbons (Fsp3) is 0.308. The number of anilines is 1. The van der Waals surface area contributed by atoms with Crippen molar-refractivity contribution in [2.24, 2.45) is 0 Å². The molecule has 0 radical (unpaired) electrons. The summed E-state index contributed by atoms with van der Waals surface area (Å²) in [6.07, 6.45) is 1.92. The van der Waals surface area contributed by atoms with Gasteiger partial charge in [0.25, 0.3) is 0 Å². The van der Waals surface area contributed by atoms with Crippen molar-refractivity contribution in [3.63, 3.8) is 0 Å². The first-order valence-electron chi connectivity index (χ1n) is 11.4. The Morgan fingerprint density at radius 2 is 1.71 bits per heavy atom. The lowest BCUT2D eigenvalue weighted by atomic mass is 10.0. The number of likely N-dealkylation sites (tertiary alicyclic amines) is 1. The Balaban J connectivity index is 1.60. The first-order chi connectivity index (χ1) is 16.5. The van der Waals surface area contributed by atoms with Crippen molar-refractivity contribution in [1.82, 2.24) is 20.0 Å². The minimum Gasteiger partial charge on any atom is -0.359 e. The Bertz CT molecular complexity index is 1150. The van der Waals surface area contributed by atoms with Gasteiger partial charge in [0.15, 0.2) is 5.82 Å². The van der Waals surface area contributed by atoms with E-state index in [4.69, 9.17) is 17.0 Å². The lowest BCUT2D eigenvalue weighted by molar-refractivity contribution is -0.130. The van der Waals surface area contributed by atoms with Crippen LogP contribution in [-0.2, 0) is 4.79 Å². The summed E-state index contributed by atoms with van der Waals surface area (Å²) in [7, 11) is 3.95. The summed E-state index contributed by atoms with van der Waals surface area (Å²) in [6.45, 7) is 2.01. The normalized spacial score (nSPS) is 14.6. The van der Waals surface area contributed by atoms with Crippen LogP contribution in [0.1, 0.15) is 24.0 Å². The molecule has 1 aliphatic heterocycles. The van der Waals surface area contributed by atoms with E-state index in [1.165, 1.54) is 0 Å². The monoisotopic (exact) mass is 476 g/mol. The van der Waals surface area contributed by atoms with Crippen LogP contribution in [-0.4, -0.2) is 71.4 Å². The van der Waals surface area contributed by atoms with E-state index in [-0.39, 0.29) is 24.2 Å². The standard InChI is InChI=1S/C26H29ClN6O/c1-32-15-13-20(14-16-32)33(2)21(34)17-29-26-22(24(28)18-9-5-3-6-10-18)23(27)25(30-31-26)19-11-7-4-8-12-19/h3-12,20,28H,13-17H2,1-2H3,(H,29,31). The van der Waals surface area contributed by atoms with Gasteiger partial charge in [-0.05, 0) is 33.0 Å². The first kappa shape index (κ1) is 23.9. The van der Waals surface area contributed by atoms with Crippen LogP contribution in [0.5, 0.6) is 0 Å². The number of nitrogens with one attached hydrogen (secondary N) is 2. The van der Waals surface area contributed by atoms with E-state index in [1.54, 1.807) is 0 Å². The third kappa shape index (κ3) is 5.26. The number of nitrogens with zero attached hydrogens (tertiary/aromatic N) is 4. The molecule has 2 heterocycles. The first-order valence-corrected chi connectivity index (χ1v) is 11.8. The molecule has 1 aliphatic rings. The molecule has 2 N–H and O–H groups in total. The number of aromatic nitrogens is 2. The smallest absolute Gasteiger partial charge is 0.241 e. The highest BCUT2D eigenvalue weighted by Gasteiger charge is 2.25. The van der Waals surface area contributed by atoms with Crippen molar-refractivity contribution in [1.29, 1.82) is 5.41 Å². The van der Waals surface area contributed by atoms with Gasteiger partial charge in [-0.3, -0.25) is 10.2 Å². The van der Waals surface area contributed by atoms with E-state index >= 15 is 0 Å². The zero-order valence-electron chi connectivity index (χ0n) is 19.5. The van der Waals surface area contributed by atoms with Gasteiger partial charge in [-0.15, -0.1) is 10.2 Å². The second-order valence-electron chi connectivity index (χ2n) is 8.59. The number of benzene rings is 2. The number of carbonyl (C=O) groups excluding carboxylic acids is 1. The molecular formula is C26H29ClN6O. The minimum absolute atomic E-state index is 0.0307. The number of carbonyl (C=O) groups is 1. The summed E-state index contributed by atoms with van der Waals surface area (Å²) in [5.41, 5.74) is 2.66. The van der Waals surface area contributed by atoms with Crippen LogP contribution < -0.4 is 5.32 Å². The van der Waals surface area contributed by atoms with Crippen LogP contribution in [0.25, 0.3) is 11.3 Å². The zero-order chi connectivity index (χ0) is 24.1. The largest absolute Gasteiger partial charge is 0.359 e. The zero-order valence-corrected chi connectivity index (χ0v) is 20.2. The summed E-state index contributed by atoms with van der Waals surface area (Å²) in [5, 5.41) is 21.0. The predicted octanol–water partition coefficient (Wildman–Crippen LogP) is 4.18. The van der Waals surface area contributed by atoms with Crippen LogP contribution in [0.4, 0.5) is 5.82 Å². The molecule has 0 bridgehead atoms. The highest BCUT2D eigenvalue weighted by Crippen LogP contribution is 2.33. The quantitative estimate of drug-likeness (QED) is 0.500. The predicted molar refractivity (Wildman–Crippen MR) is 137 cm³/mol. The minimum atomic E-state index is -0.0307. The molecule has 1 amide bonds. The van der Waals surface area contributed by atoms with Crippen molar-refractivity contribution >= 4 is 29.0 Å². The Kier molecular flexibility index (Phi) is 7.55. The molecule has 2 aromatic carbocycles. The number of hydrogen-bond donors (Lipinski definition) is 2. The molecule has 1 fully saturated rings. The van der Waals surface area contributed by atoms with E-state index in [9.17, 15) is 4.79 Å². The van der Waals surface area contributed by atoms with E-state index in [1.807, 2.05) is 72.6 Å². The van der Waals surface area contributed by atoms with Crippen molar-refractivity contribution in [2.45, 2.75) is 18.9 Å². The number of amides is 1. The average Bonchev–Trinajstić information content (AvgIpc) is 2.88. The molecule has 1 saturated heterocycles. The Morgan fingerprint density at radius 1 is 1.09 bits per heavy atom. The number of rotatable bonds is 7. The maximum Gasteiger partial charge on any atom is 0.241 e. The summed E-state index contributed by atoms with van der Waals surface area (Å²) in [6, 6.07) is 19.1. The van der Waals surface area contributed by atoms with Crippen molar-refractivity contribution in [3.05, 3.63) is 76.8 Å². The van der Waals surface area contributed by atoms with Crippen LogP contribution in [0, 0.1) is 5.41 Å². The third-order valence-corrected chi connectivity index (χ3v) is 6.68. The van der Waals surface area contributed by atoms with Gasteiger partial charge in [0, 0.05) is 24.2 Å². The molecule has 1 aromatic heterocycles. The van der Waals surface area contributed by atoms with E-state index in [0.717, 1.165) is 31.5 Å². The number of piperidine rings is 1. The molecule has 0 atom stereocenters. The molecule has 4 rings (SSSR count). The van der Waals surface area contributed by atoms with E-state index in [0.29, 0.717) is 27.7 Å². The molecule has 3 aromatic rings. The maximum absolute atomic E-state index is 12.9. The fourth-order valence-corrected chi connectivity index (χ4v) is 4.50. The molecule has 0 spiro atoms. The molecule has 8 heteroatoms. The average molecular weight is 477 g/mol. The Morgan fingerprint density at radius 3 is 2.35 bits per heavy atom. The van der Waals surface area contributed by atoms with Crippen LogP contribution in [0.2, 0.25) is 5.02 Å². The summed E-state index contributed by atoms with van der Waals surface area (Å²) in [4.78, 5) is 17.0. The van der Waals surface area contributed by atoms with Crippen molar-refractivity contribution in [3.8, 4) is 11.3 Å². The molecule has 0 aliphatic carbocycles. The molecular weight excluding hydrogens is 448 g/mol. The topological polar surface area (TPSA) is 85.2 Å². The van der Waals surface area contributed by atoms with Gasteiger partial charge in [0.1, 0.15) is 5.69 Å². The number of halogens is 1. The molecule has 7 nitrogen and oxygen atoms in total. The molecule has 0 unspecified atom stereocenters. The Labute approximate surface area is 205 Å². The molecule has 0 saturated carbocycles. The van der Waals surface area contributed by atoms with E-state index in [2.05, 4.69) is 27.5 Å². The molecule has 176 valence electrons. The highest BCUT2D eigenvalue weighted by atomic mass is 35.5. The van der Waals surface area contributed by atoms with Gasteiger partial charge in [0.2, 0.25) is 5.91 Å². The van der Waals surface area contributed by atoms with Gasteiger partial charge in [0.05, 0.1) is 22.8 Å². The van der Waals surface area contributed by atoms with Crippen molar-refractivity contribution in [2.75, 3.05) is 39.0 Å². The highest BCUT2D eigenvalue weighted by molar-refractivity contribution is 6.38. The van der Waals surface area contributed by atoms with E-state index < -0.39 is 0 Å². The van der Waals surface area contributed by atoms with Crippen molar-refractivity contribution < 1.29 is 4.79 Å². The van der Waals surface area contributed by atoms with Gasteiger partial charge >= 0.3 is 0 Å². The maximum atomic E-state index is 12.9. The second kappa shape index (κ2) is 10.8. The van der Waals surface area contributed by atoms with Gasteiger partial charge in [-0.1, -0.05) is 72.3 Å². The second-order valence-corrected chi connectivity index (χ2v) is 8.96. The number of likely N-dealkylation sites (N-methyl/N-ethyl adjacent to an activating group) is 1. The van der Waals surface area contributed by atoms with Crippen LogP contribution in [0.3, 0.4) is 0 Å². The fourth-order valence-electron chi connectivity index (χ4n) is 4.17. The van der Waals surface area contributed by atoms with Gasteiger partial charge in [-0.2, -0.15) is 0 Å². The summed E-state index contributed by atoms with van der Waals surface area (Å²) >= 11 is 6.82. The van der Waals surface area contributed by atoms with Gasteiger partial charge in [-0.25, -0.2) is 0 Å². The number of hydrogen-bond acceptors (Lipinski definition) is 6. The van der Waals surface area contributed by atoms with Gasteiger partial charge < -0.3 is 15.1 Å².